The second kappa shape index (κ2) is 8.90. The highest BCUT2D eigenvalue weighted by Gasteiger charge is 2.47. The van der Waals surface area contributed by atoms with E-state index in [1.54, 1.807) is 24.5 Å². The molecule has 2 heterocycles. The van der Waals surface area contributed by atoms with Crippen LogP contribution in [0.15, 0.2) is 72.6 Å². The van der Waals surface area contributed by atoms with E-state index in [9.17, 15) is 14.7 Å². The van der Waals surface area contributed by atoms with E-state index < -0.39 is 17.7 Å². The first kappa shape index (κ1) is 23.4. The summed E-state index contributed by atoms with van der Waals surface area (Å²) in [5.41, 5.74) is 4.83. The van der Waals surface area contributed by atoms with Gasteiger partial charge in [0, 0.05) is 23.6 Å². The van der Waals surface area contributed by atoms with Crippen LogP contribution in [-0.4, -0.2) is 21.8 Å². The molecule has 5 nitrogen and oxygen atoms in total. The molecule has 0 radical (unpaired) electrons. The summed E-state index contributed by atoms with van der Waals surface area (Å²) in [6.07, 6.45) is 4.12. The number of aryl methyl sites for hydroxylation is 2. The van der Waals surface area contributed by atoms with Gasteiger partial charge in [0.05, 0.1) is 11.6 Å². The maximum absolute atomic E-state index is 13.4. The first-order valence-electron chi connectivity index (χ1n) is 11.5. The van der Waals surface area contributed by atoms with Crippen molar-refractivity contribution in [3.63, 3.8) is 0 Å². The Morgan fingerprint density at radius 1 is 1.00 bits per heavy atom. The van der Waals surface area contributed by atoms with Crippen LogP contribution in [0, 0.1) is 6.92 Å². The van der Waals surface area contributed by atoms with Gasteiger partial charge in [-0.2, -0.15) is 0 Å². The number of Topliss-reactive ketones (excluding diaryl/α,β-unsaturated/α-hetero) is 1. The minimum atomic E-state index is -0.756. The number of hydrogen-bond acceptors (Lipinski definition) is 4. The standard InChI is InChI=1S/C29H30N2O3/c1-6-19-8-11-22(12-9-19)31-25(20-13-15-30-16-14-20)24(27(33)28(31)34)26(32)23-17-21(29(3,4)5)10-7-18(23)2/h7-17,25,32H,6H2,1-5H3/b26-24+. The van der Waals surface area contributed by atoms with Gasteiger partial charge in [-0.05, 0) is 71.3 Å². The van der Waals surface area contributed by atoms with E-state index in [0.29, 0.717) is 16.8 Å². The fourth-order valence-electron chi connectivity index (χ4n) is 4.34. The van der Waals surface area contributed by atoms with Crippen molar-refractivity contribution in [1.82, 2.24) is 4.98 Å². The number of aliphatic hydroxyl groups is 1. The molecule has 1 atom stereocenters. The van der Waals surface area contributed by atoms with Gasteiger partial charge in [-0.15, -0.1) is 0 Å². The first-order valence-corrected chi connectivity index (χ1v) is 11.5. The largest absolute Gasteiger partial charge is 0.507 e. The molecule has 174 valence electrons. The molecule has 0 bridgehead atoms. The normalized spacial score (nSPS) is 17.9. The molecule has 1 aliphatic heterocycles. The van der Waals surface area contributed by atoms with E-state index in [1.807, 2.05) is 49.4 Å². The van der Waals surface area contributed by atoms with Crippen LogP contribution in [0.4, 0.5) is 5.69 Å². The highest BCUT2D eigenvalue weighted by atomic mass is 16.3. The van der Waals surface area contributed by atoms with Crippen LogP contribution in [0.2, 0.25) is 0 Å². The first-order chi connectivity index (χ1) is 16.1. The molecule has 2 aromatic carbocycles. The summed E-state index contributed by atoms with van der Waals surface area (Å²) in [5, 5.41) is 11.5. The van der Waals surface area contributed by atoms with Gasteiger partial charge in [-0.3, -0.25) is 19.5 Å². The Bertz CT molecular complexity index is 1270. The van der Waals surface area contributed by atoms with Gasteiger partial charge in [0.25, 0.3) is 11.7 Å². The Morgan fingerprint density at radius 2 is 1.65 bits per heavy atom. The third kappa shape index (κ3) is 4.14. The molecular formula is C29H30N2O3. The van der Waals surface area contributed by atoms with Crippen molar-refractivity contribution >= 4 is 23.1 Å². The quantitative estimate of drug-likeness (QED) is 0.304. The highest BCUT2D eigenvalue weighted by molar-refractivity contribution is 6.51. The summed E-state index contributed by atoms with van der Waals surface area (Å²) in [6, 6.07) is 16.3. The lowest BCUT2D eigenvalue weighted by Gasteiger charge is -2.26. The smallest absolute Gasteiger partial charge is 0.300 e. The SMILES string of the molecule is CCc1ccc(N2C(=O)C(=O)/C(=C(/O)c3cc(C(C)(C)C)ccc3C)C2c2ccncc2)cc1. The summed E-state index contributed by atoms with van der Waals surface area (Å²) in [6.45, 7) is 10.2. The van der Waals surface area contributed by atoms with E-state index in [2.05, 4.69) is 32.7 Å². The van der Waals surface area contributed by atoms with Gasteiger partial charge in [0.15, 0.2) is 0 Å². The molecule has 1 unspecified atom stereocenters. The number of amides is 1. The molecule has 3 aromatic rings. The third-order valence-electron chi connectivity index (χ3n) is 6.45. The maximum atomic E-state index is 13.4. The minimum Gasteiger partial charge on any atom is -0.507 e. The van der Waals surface area contributed by atoms with Gasteiger partial charge >= 0.3 is 0 Å². The molecule has 5 heteroatoms. The third-order valence-corrected chi connectivity index (χ3v) is 6.45. The molecule has 0 spiro atoms. The molecular weight excluding hydrogens is 424 g/mol. The second-order valence-electron chi connectivity index (χ2n) is 9.75. The number of benzene rings is 2. The van der Waals surface area contributed by atoms with Crippen molar-refractivity contribution in [2.45, 2.75) is 52.5 Å². The zero-order valence-corrected chi connectivity index (χ0v) is 20.3. The van der Waals surface area contributed by atoms with Crippen molar-refractivity contribution in [3.05, 3.63) is 100 Å². The number of nitrogens with zero attached hydrogens (tertiary/aromatic N) is 2. The number of rotatable bonds is 4. The van der Waals surface area contributed by atoms with E-state index in [1.165, 1.54) is 4.90 Å². The molecule has 1 N–H and O–H groups in total. The van der Waals surface area contributed by atoms with Crippen LogP contribution in [0.5, 0.6) is 0 Å². The average Bonchev–Trinajstić information content (AvgIpc) is 3.09. The highest BCUT2D eigenvalue weighted by Crippen LogP contribution is 2.42. The molecule has 0 aliphatic carbocycles. The second-order valence-corrected chi connectivity index (χ2v) is 9.75. The molecule has 34 heavy (non-hydrogen) atoms. The van der Waals surface area contributed by atoms with E-state index in [4.69, 9.17) is 0 Å². The number of aliphatic hydroxyl groups excluding tert-OH is 1. The summed E-state index contributed by atoms with van der Waals surface area (Å²) >= 11 is 0. The zero-order chi connectivity index (χ0) is 24.6. The van der Waals surface area contributed by atoms with Crippen molar-refractivity contribution in [2.75, 3.05) is 4.90 Å². The summed E-state index contributed by atoms with van der Waals surface area (Å²) < 4.78 is 0. The number of aromatic nitrogens is 1. The fraction of sp³-hybridized carbons (Fsp3) is 0.276. The summed E-state index contributed by atoms with van der Waals surface area (Å²) in [5.74, 6) is -1.51. The van der Waals surface area contributed by atoms with Crippen LogP contribution < -0.4 is 4.90 Å². The Kier molecular flexibility index (Phi) is 6.13. The van der Waals surface area contributed by atoms with E-state index in [-0.39, 0.29) is 16.7 Å². The lowest BCUT2D eigenvalue weighted by atomic mass is 9.84. The van der Waals surface area contributed by atoms with Crippen molar-refractivity contribution in [3.8, 4) is 0 Å². The molecule has 1 fully saturated rings. The van der Waals surface area contributed by atoms with Crippen LogP contribution in [0.1, 0.15) is 61.6 Å². The van der Waals surface area contributed by atoms with Crippen LogP contribution in [0.25, 0.3) is 5.76 Å². The Balaban J connectivity index is 1.94. The van der Waals surface area contributed by atoms with Crippen LogP contribution in [0.3, 0.4) is 0 Å². The van der Waals surface area contributed by atoms with Gasteiger partial charge in [0.1, 0.15) is 5.76 Å². The molecule has 1 aliphatic rings. The minimum absolute atomic E-state index is 0.0879. The Hall–Kier alpha value is -3.73. The van der Waals surface area contributed by atoms with E-state index >= 15 is 0 Å². The molecule has 1 amide bonds. The van der Waals surface area contributed by atoms with Crippen LogP contribution in [-0.2, 0) is 21.4 Å². The number of anilines is 1. The van der Waals surface area contributed by atoms with Crippen molar-refractivity contribution in [1.29, 1.82) is 0 Å². The molecule has 0 saturated carbocycles. The monoisotopic (exact) mass is 454 g/mol. The number of carbonyl (C=O) groups is 2. The van der Waals surface area contributed by atoms with Gasteiger partial charge in [0.2, 0.25) is 0 Å². The summed E-state index contributed by atoms with van der Waals surface area (Å²) in [7, 11) is 0. The Morgan fingerprint density at radius 3 is 2.24 bits per heavy atom. The average molecular weight is 455 g/mol. The zero-order valence-electron chi connectivity index (χ0n) is 20.3. The lowest BCUT2D eigenvalue weighted by Crippen LogP contribution is -2.29. The van der Waals surface area contributed by atoms with Crippen molar-refractivity contribution < 1.29 is 14.7 Å². The predicted octanol–water partition coefficient (Wildman–Crippen LogP) is 5.88. The van der Waals surface area contributed by atoms with Crippen LogP contribution >= 0.6 is 0 Å². The van der Waals surface area contributed by atoms with Gasteiger partial charge < -0.3 is 5.11 Å². The fourth-order valence-corrected chi connectivity index (χ4v) is 4.34. The number of pyridine rings is 1. The molecule has 1 saturated heterocycles. The number of hydrogen-bond donors (Lipinski definition) is 1. The Labute approximate surface area is 200 Å². The van der Waals surface area contributed by atoms with Gasteiger partial charge in [-0.1, -0.05) is 52.0 Å². The molecule has 4 rings (SSSR count). The number of ketones is 1. The van der Waals surface area contributed by atoms with E-state index in [0.717, 1.165) is 23.1 Å². The van der Waals surface area contributed by atoms with Gasteiger partial charge in [-0.25, -0.2) is 0 Å². The maximum Gasteiger partial charge on any atom is 0.300 e. The number of carbonyl (C=O) groups excluding carboxylic acids is 2. The lowest BCUT2D eigenvalue weighted by molar-refractivity contribution is -0.132. The van der Waals surface area contributed by atoms with Crippen molar-refractivity contribution in [2.24, 2.45) is 0 Å². The summed E-state index contributed by atoms with van der Waals surface area (Å²) in [4.78, 5) is 32.3. The predicted molar refractivity (Wildman–Crippen MR) is 135 cm³/mol. The molecule has 1 aromatic heterocycles. The topological polar surface area (TPSA) is 70.5 Å².